The van der Waals surface area contributed by atoms with Crippen molar-refractivity contribution in [1.82, 2.24) is 10.6 Å². The lowest BCUT2D eigenvalue weighted by Gasteiger charge is -2.29. The molecule has 1 aromatic carbocycles. The second-order valence-electron chi connectivity index (χ2n) is 5.37. The minimum Gasteiger partial charge on any atom is -0.494 e. The van der Waals surface area contributed by atoms with Gasteiger partial charge in [-0.3, -0.25) is 0 Å². The summed E-state index contributed by atoms with van der Waals surface area (Å²) in [6.45, 7) is 8.27. The van der Waals surface area contributed by atoms with Crippen molar-refractivity contribution in [1.29, 1.82) is 0 Å². The van der Waals surface area contributed by atoms with Gasteiger partial charge in [0.2, 0.25) is 0 Å². The van der Waals surface area contributed by atoms with Crippen LogP contribution in [0.4, 0.5) is 0 Å². The molecular weight excluding hydrogens is 324 g/mol. The van der Waals surface area contributed by atoms with E-state index in [-0.39, 0.29) is 12.6 Å². The molecule has 1 aliphatic rings. The molecule has 0 saturated heterocycles. The van der Waals surface area contributed by atoms with Crippen LogP contribution in [0.3, 0.4) is 0 Å². The maximum Gasteiger partial charge on any atom is 0.338 e. The van der Waals surface area contributed by atoms with Crippen molar-refractivity contribution in [3.8, 4) is 5.75 Å². The highest BCUT2D eigenvalue weighted by Crippen LogP contribution is 2.28. The Kier molecular flexibility index (Phi) is 6.37. The van der Waals surface area contributed by atoms with E-state index in [0.717, 1.165) is 17.7 Å². The summed E-state index contributed by atoms with van der Waals surface area (Å²) in [6.07, 6.45) is 2.49. The second kappa shape index (κ2) is 8.49. The first kappa shape index (κ1) is 18.0. The molecule has 0 saturated carbocycles. The Labute approximate surface area is 147 Å². The molecule has 0 aliphatic carbocycles. The number of thiocarbonyl (C=S) groups is 1. The SMILES string of the molecule is C=CCOC(=O)C1=C(C)NC(=S)NC1c1ccc(OCCC)cc1. The first-order valence-electron chi connectivity index (χ1n) is 7.85. The fraction of sp³-hybridized carbons (Fsp3) is 0.333. The highest BCUT2D eigenvalue weighted by atomic mass is 32.1. The van der Waals surface area contributed by atoms with Gasteiger partial charge in [-0.05, 0) is 43.3 Å². The first-order valence-corrected chi connectivity index (χ1v) is 8.26. The Bertz CT molecular complexity index is 653. The predicted octanol–water partition coefficient (Wildman–Crippen LogP) is 3.00. The molecule has 2 N–H and O–H groups in total. The van der Waals surface area contributed by atoms with E-state index in [1.807, 2.05) is 31.2 Å². The number of carbonyl (C=O) groups excluding carboxylic acids is 1. The van der Waals surface area contributed by atoms with Crippen molar-refractivity contribution in [2.45, 2.75) is 26.3 Å². The number of carbonyl (C=O) groups is 1. The summed E-state index contributed by atoms with van der Waals surface area (Å²) in [5.41, 5.74) is 2.10. The smallest absolute Gasteiger partial charge is 0.338 e. The summed E-state index contributed by atoms with van der Waals surface area (Å²) < 4.78 is 10.8. The van der Waals surface area contributed by atoms with Crippen LogP contribution in [0.1, 0.15) is 31.9 Å². The minimum absolute atomic E-state index is 0.163. The maximum absolute atomic E-state index is 12.4. The second-order valence-corrected chi connectivity index (χ2v) is 5.78. The van der Waals surface area contributed by atoms with Gasteiger partial charge in [-0.15, -0.1) is 0 Å². The number of allylic oxidation sites excluding steroid dienone is 1. The van der Waals surface area contributed by atoms with Crippen molar-refractivity contribution >= 4 is 23.3 Å². The van der Waals surface area contributed by atoms with Crippen molar-refractivity contribution < 1.29 is 14.3 Å². The Morgan fingerprint density at radius 1 is 1.38 bits per heavy atom. The summed E-state index contributed by atoms with van der Waals surface area (Å²) in [4.78, 5) is 12.4. The average molecular weight is 346 g/mol. The zero-order valence-electron chi connectivity index (χ0n) is 13.9. The number of hydrogen-bond donors (Lipinski definition) is 2. The number of esters is 1. The molecule has 0 bridgehead atoms. The van der Waals surface area contributed by atoms with Crippen molar-refractivity contribution in [2.75, 3.05) is 13.2 Å². The molecule has 0 amide bonds. The van der Waals surface area contributed by atoms with Crippen LogP contribution in [0.2, 0.25) is 0 Å². The van der Waals surface area contributed by atoms with Crippen LogP contribution in [-0.4, -0.2) is 24.3 Å². The molecule has 0 fully saturated rings. The van der Waals surface area contributed by atoms with E-state index in [2.05, 4.69) is 24.1 Å². The maximum atomic E-state index is 12.4. The van der Waals surface area contributed by atoms with Gasteiger partial charge in [0.15, 0.2) is 5.11 Å². The summed E-state index contributed by atoms with van der Waals surface area (Å²) in [5.74, 6) is 0.403. The molecule has 0 spiro atoms. The number of nitrogens with one attached hydrogen (secondary N) is 2. The molecule has 5 nitrogen and oxygen atoms in total. The fourth-order valence-corrected chi connectivity index (χ4v) is 2.67. The largest absolute Gasteiger partial charge is 0.494 e. The van der Waals surface area contributed by atoms with Crippen molar-refractivity contribution in [2.24, 2.45) is 0 Å². The Balaban J connectivity index is 2.27. The molecule has 6 heteroatoms. The van der Waals surface area contributed by atoms with E-state index >= 15 is 0 Å². The lowest BCUT2D eigenvalue weighted by atomic mass is 9.95. The lowest BCUT2D eigenvalue weighted by molar-refractivity contribution is -0.138. The van der Waals surface area contributed by atoms with Gasteiger partial charge in [0.25, 0.3) is 0 Å². The van der Waals surface area contributed by atoms with Gasteiger partial charge in [0.05, 0.1) is 18.2 Å². The third kappa shape index (κ3) is 4.35. The number of ether oxygens (including phenoxy) is 2. The summed E-state index contributed by atoms with van der Waals surface area (Å²) >= 11 is 5.22. The summed E-state index contributed by atoms with van der Waals surface area (Å²) in [7, 11) is 0. The normalized spacial score (nSPS) is 16.9. The van der Waals surface area contributed by atoms with Crippen LogP contribution in [0, 0.1) is 0 Å². The van der Waals surface area contributed by atoms with Gasteiger partial charge in [0.1, 0.15) is 12.4 Å². The molecule has 1 unspecified atom stereocenters. The van der Waals surface area contributed by atoms with Gasteiger partial charge < -0.3 is 20.1 Å². The third-order valence-corrected chi connectivity index (χ3v) is 3.73. The summed E-state index contributed by atoms with van der Waals surface area (Å²) in [6, 6.07) is 7.26. The Hall–Kier alpha value is -2.34. The highest BCUT2D eigenvalue weighted by molar-refractivity contribution is 7.80. The van der Waals surface area contributed by atoms with Gasteiger partial charge >= 0.3 is 5.97 Å². The van der Waals surface area contributed by atoms with Crippen LogP contribution in [0.5, 0.6) is 5.75 Å². The fourth-order valence-electron chi connectivity index (χ4n) is 2.40. The lowest BCUT2D eigenvalue weighted by Crippen LogP contribution is -2.45. The zero-order chi connectivity index (χ0) is 17.5. The van der Waals surface area contributed by atoms with E-state index in [9.17, 15) is 4.79 Å². The molecule has 1 aromatic rings. The zero-order valence-corrected chi connectivity index (χ0v) is 14.7. The molecule has 128 valence electrons. The standard InChI is InChI=1S/C18H22N2O3S/c1-4-10-22-14-8-6-13(7-9-14)16-15(17(21)23-11-5-2)12(3)19-18(24)20-16/h5-9,16H,2,4,10-11H2,1,3H3,(H2,19,20,24). The number of benzene rings is 1. The Morgan fingerprint density at radius 3 is 2.71 bits per heavy atom. The van der Waals surface area contributed by atoms with Crippen LogP contribution < -0.4 is 15.4 Å². The van der Waals surface area contributed by atoms with Crippen LogP contribution in [-0.2, 0) is 9.53 Å². The quantitative estimate of drug-likeness (QED) is 0.450. The van der Waals surface area contributed by atoms with Crippen molar-refractivity contribution in [3.05, 3.63) is 53.8 Å². The van der Waals surface area contributed by atoms with Gasteiger partial charge in [-0.1, -0.05) is 31.7 Å². The summed E-state index contributed by atoms with van der Waals surface area (Å²) in [5, 5.41) is 6.58. The van der Waals surface area contributed by atoms with E-state index in [1.165, 1.54) is 6.08 Å². The van der Waals surface area contributed by atoms with E-state index in [4.69, 9.17) is 21.7 Å². The number of hydrogen-bond acceptors (Lipinski definition) is 4. The minimum atomic E-state index is -0.397. The molecule has 24 heavy (non-hydrogen) atoms. The highest BCUT2D eigenvalue weighted by Gasteiger charge is 2.30. The van der Waals surface area contributed by atoms with Gasteiger partial charge in [-0.2, -0.15) is 0 Å². The van der Waals surface area contributed by atoms with Crippen LogP contribution >= 0.6 is 12.2 Å². The first-order chi connectivity index (χ1) is 11.6. The van der Waals surface area contributed by atoms with Crippen molar-refractivity contribution in [3.63, 3.8) is 0 Å². The average Bonchev–Trinajstić information content (AvgIpc) is 2.57. The topological polar surface area (TPSA) is 59.6 Å². The van der Waals surface area contributed by atoms with E-state index in [0.29, 0.717) is 23.0 Å². The number of rotatable bonds is 7. The van der Waals surface area contributed by atoms with E-state index in [1.54, 1.807) is 0 Å². The van der Waals surface area contributed by atoms with Gasteiger partial charge in [-0.25, -0.2) is 4.79 Å². The molecule has 2 rings (SSSR count). The molecule has 1 aliphatic heterocycles. The van der Waals surface area contributed by atoms with E-state index < -0.39 is 5.97 Å². The Morgan fingerprint density at radius 2 is 2.08 bits per heavy atom. The molecule has 1 atom stereocenters. The van der Waals surface area contributed by atoms with Crippen LogP contribution in [0.25, 0.3) is 0 Å². The third-order valence-electron chi connectivity index (χ3n) is 3.51. The molecule has 0 radical (unpaired) electrons. The molecule has 0 aromatic heterocycles. The molecule has 1 heterocycles. The monoisotopic (exact) mass is 346 g/mol. The van der Waals surface area contributed by atoms with Gasteiger partial charge in [0, 0.05) is 5.70 Å². The van der Waals surface area contributed by atoms with Crippen LogP contribution in [0.15, 0.2) is 48.2 Å². The molecular formula is C18H22N2O3S. The predicted molar refractivity (Wildman–Crippen MR) is 97.7 cm³/mol.